The van der Waals surface area contributed by atoms with Gasteiger partial charge in [-0.15, -0.1) is 11.3 Å². The van der Waals surface area contributed by atoms with Gasteiger partial charge < -0.3 is 0 Å². The van der Waals surface area contributed by atoms with Crippen LogP contribution >= 0.6 is 39.0 Å². The summed E-state index contributed by atoms with van der Waals surface area (Å²) in [7, 11) is 0. The lowest BCUT2D eigenvalue weighted by atomic mass is 9.97. The number of carbonyl (C=O) groups is 1. The zero-order valence-electron chi connectivity index (χ0n) is 19.8. The molecule has 2 heterocycles. The van der Waals surface area contributed by atoms with E-state index in [2.05, 4.69) is 33.4 Å². The van der Waals surface area contributed by atoms with Crippen molar-refractivity contribution in [3.05, 3.63) is 84.9 Å². The predicted molar refractivity (Wildman–Crippen MR) is 152 cm³/mol. The molecule has 36 heavy (non-hydrogen) atoms. The molecule has 184 valence electrons. The van der Waals surface area contributed by atoms with Gasteiger partial charge in [0.15, 0.2) is 5.16 Å². The molecule has 0 bridgehead atoms. The molecular formula is C27H25BrN4O2S2. The maximum atomic E-state index is 13.8. The van der Waals surface area contributed by atoms with Gasteiger partial charge in [0.25, 0.3) is 11.5 Å². The Morgan fingerprint density at radius 1 is 1.17 bits per heavy atom. The number of hydrogen-bond donors (Lipinski definition) is 1. The summed E-state index contributed by atoms with van der Waals surface area (Å²) in [5.41, 5.74) is 6.55. The number of hydrogen-bond acceptors (Lipinski definition) is 6. The molecule has 0 atom stereocenters. The molecule has 1 aliphatic rings. The van der Waals surface area contributed by atoms with Crippen molar-refractivity contribution < 1.29 is 4.79 Å². The molecule has 1 aliphatic carbocycles. The van der Waals surface area contributed by atoms with E-state index < -0.39 is 0 Å². The Hall–Kier alpha value is -2.75. The van der Waals surface area contributed by atoms with Crippen LogP contribution in [0.1, 0.15) is 41.3 Å². The highest BCUT2D eigenvalue weighted by Gasteiger charge is 2.23. The summed E-state index contributed by atoms with van der Waals surface area (Å²) in [5, 5.41) is 5.31. The fourth-order valence-corrected chi connectivity index (χ4v) is 6.65. The van der Waals surface area contributed by atoms with Gasteiger partial charge in [0, 0.05) is 9.35 Å². The normalized spacial score (nSPS) is 13.3. The minimum atomic E-state index is -0.261. The Balaban J connectivity index is 1.40. The van der Waals surface area contributed by atoms with Gasteiger partial charge in [0.2, 0.25) is 0 Å². The van der Waals surface area contributed by atoms with E-state index in [1.54, 1.807) is 22.1 Å². The van der Waals surface area contributed by atoms with Crippen LogP contribution in [0.3, 0.4) is 0 Å². The van der Waals surface area contributed by atoms with Gasteiger partial charge in [-0.1, -0.05) is 58.9 Å². The lowest BCUT2D eigenvalue weighted by Gasteiger charge is -2.13. The standard InChI is InChI=1S/C27H25BrN4O2S2/c1-2-17-7-9-18(10-8-17)15-29-31-23(33)16-35-27-30-25-24(21-5-3-4-6-22(21)36-25)26(34)32(27)20-13-11-19(28)12-14-20/h7-15H,2-6,16H2,1H3,(H,31,33). The largest absolute Gasteiger partial charge is 0.272 e. The van der Waals surface area contributed by atoms with Crippen LogP contribution in [0.25, 0.3) is 15.9 Å². The zero-order chi connectivity index (χ0) is 25.1. The van der Waals surface area contributed by atoms with E-state index >= 15 is 0 Å². The molecule has 0 saturated carbocycles. The topological polar surface area (TPSA) is 76.3 Å². The molecule has 6 nitrogen and oxygen atoms in total. The van der Waals surface area contributed by atoms with E-state index in [1.165, 1.54) is 22.2 Å². The molecule has 0 fully saturated rings. The number of thiophene rings is 1. The second kappa shape index (κ2) is 11.1. The minimum absolute atomic E-state index is 0.0711. The van der Waals surface area contributed by atoms with Crippen molar-refractivity contribution in [1.29, 1.82) is 0 Å². The van der Waals surface area contributed by atoms with Gasteiger partial charge in [0.05, 0.1) is 23.0 Å². The van der Waals surface area contributed by atoms with Gasteiger partial charge in [-0.3, -0.25) is 14.2 Å². The van der Waals surface area contributed by atoms with Crippen LogP contribution in [0.4, 0.5) is 0 Å². The van der Waals surface area contributed by atoms with Crippen LogP contribution in [0.2, 0.25) is 0 Å². The zero-order valence-corrected chi connectivity index (χ0v) is 23.0. The summed E-state index contributed by atoms with van der Waals surface area (Å²) in [5.74, 6) is -0.172. The molecule has 9 heteroatoms. The number of carbonyl (C=O) groups excluding carboxylic acids is 1. The van der Waals surface area contributed by atoms with Gasteiger partial charge in [-0.05, 0) is 73.1 Å². The maximum absolute atomic E-state index is 13.8. The molecule has 5 rings (SSSR count). The van der Waals surface area contributed by atoms with E-state index in [0.717, 1.165) is 63.6 Å². The van der Waals surface area contributed by atoms with Crippen LogP contribution in [0.5, 0.6) is 0 Å². The number of aromatic nitrogens is 2. The SMILES string of the molecule is CCc1ccc(C=NNC(=O)CSc2nc3sc4c(c3c(=O)n2-c2ccc(Br)cc2)CCCC4)cc1. The van der Waals surface area contributed by atoms with Gasteiger partial charge >= 0.3 is 0 Å². The van der Waals surface area contributed by atoms with Crippen molar-refractivity contribution in [1.82, 2.24) is 15.0 Å². The first kappa shape index (κ1) is 24.9. The highest BCUT2D eigenvalue weighted by Crippen LogP contribution is 2.35. The smallest absolute Gasteiger partial charge is 0.267 e. The van der Waals surface area contributed by atoms with E-state index in [9.17, 15) is 9.59 Å². The van der Waals surface area contributed by atoms with E-state index in [-0.39, 0.29) is 17.2 Å². The van der Waals surface area contributed by atoms with Crippen LogP contribution < -0.4 is 11.0 Å². The molecule has 2 aromatic carbocycles. The third kappa shape index (κ3) is 5.33. The molecule has 0 saturated heterocycles. The average molecular weight is 582 g/mol. The fourth-order valence-electron chi connectivity index (χ4n) is 4.28. The van der Waals surface area contributed by atoms with Crippen LogP contribution in [0, 0.1) is 0 Å². The van der Waals surface area contributed by atoms with Crippen molar-refractivity contribution in [3.8, 4) is 5.69 Å². The number of hydrazone groups is 1. The number of fused-ring (bicyclic) bond motifs is 3. The Morgan fingerprint density at radius 3 is 2.67 bits per heavy atom. The maximum Gasteiger partial charge on any atom is 0.267 e. The number of amides is 1. The fraction of sp³-hybridized carbons (Fsp3) is 0.259. The van der Waals surface area contributed by atoms with Crippen LogP contribution in [-0.2, 0) is 24.1 Å². The van der Waals surface area contributed by atoms with Crippen molar-refractivity contribution in [2.24, 2.45) is 5.10 Å². The second-order valence-corrected chi connectivity index (χ2v) is 11.5. The molecule has 0 aliphatic heterocycles. The van der Waals surface area contributed by atoms with Crippen molar-refractivity contribution >= 4 is 61.4 Å². The van der Waals surface area contributed by atoms with Crippen LogP contribution in [-0.4, -0.2) is 27.4 Å². The molecule has 2 aromatic heterocycles. The summed E-state index contributed by atoms with van der Waals surface area (Å²) in [6.07, 6.45) is 6.76. The Morgan fingerprint density at radius 2 is 1.92 bits per heavy atom. The summed E-state index contributed by atoms with van der Waals surface area (Å²) >= 11 is 6.32. The molecular weight excluding hydrogens is 556 g/mol. The Bertz CT molecular complexity index is 1490. The third-order valence-corrected chi connectivity index (χ3v) is 8.82. The third-order valence-electron chi connectivity index (χ3n) is 6.17. The molecule has 1 N–H and O–H groups in total. The summed E-state index contributed by atoms with van der Waals surface area (Å²) in [4.78, 5) is 33.2. The van der Waals surface area contributed by atoms with Crippen LogP contribution in [0.15, 0.2) is 68.1 Å². The lowest BCUT2D eigenvalue weighted by Crippen LogP contribution is -2.24. The quantitative estimate of drug-likeness (QED) is 0.128. The number of nitrogens with one attached hydrogen (secondary N) is 1. The van der Waals surface area contributed by atoms with Gasteiger partial charge in [-0.25, -0.2) is 10.4 Å². The number of benzene rings is 2. The predicted octanol–water partition coefficient (Wildman–Crippen LogP) is 5.89. The number of nitrogens with zero attached hydrogens (tertiary/aromatic N) is 3. The highest BCUT2D eigenvalue weighted by atomic mass is 79.9. The molecule has 1 amide bonds. The first-order valence-corrected chi connectivity index (χ1v) is 14.5. The number of halogens is 1. The van der Waals surface area contributed by atoms with Crippen molar-refractivity contribution in [3.63, 3.8) is 0 Å². The monoisotopic (exact) mass is 580 g/mol. The number of rotatable bonds is 7. The van der Waals surface area contributed by atoms with E-state index in [1.807, 2.05) is 48.5 Å². The summed E-state index contributed by atoms with van der Waals surface area (Å²) in [6, 6.07) is 15.6. The molecule has 0 spiro atoms. The van der Waals surface area contributed by atoms with Gasteiger partial charge in [0.1, 0.15) is 4.83 Å². The minimum Gasteiger partial charge on any atom is -0.272 e. The first-order chi connectivity index (χ1) is 17.5. The first-order valence-electron chi connectivity index (χ1n) is 11.9. The average Bonchev–Trinajstić information content (AvgIpc) is 3.27. The second-order valence-electron chi connectivity index (χ2n) is 8.58. The van der Waals surface area contributed by atoms with E-state index in [4.69, 9.17) is 4.98 Å². The summed E-state index contributed by atoms with van der Waals surface area (Å²) < 4.78 is 2.56. The molecule has 4 aromatic rings. The number of aryl methyl sites for hydroxylation is 3. The molecule has 0 unspecified atom stereocenters. The molecule has 0 radical (unpaired) electrons. The van der Waals surface area contributed by atoms with E-state index in [0.29, 0.717) is 5.16 Å². The summed E-state index contributed by atoms with van der Waals surface area (Å²) in [6.45, 7) is 2.11. The Kier molecular flexibility index (Phi) is 7.69. The van der Waals surface area contributed by atoms with Crippen molar-refractivity contribution in [2.45, 2.75) is 44.2 Å². The lowest BCUT2D eigenvalue weighted by molar-refractivity contribution is -0.118. The van der Waals surface area contributed by atoms with Gasteiger partial charge in [-0.2, -0.15) is 5.10 Å². The van der Waals surface area contributed by atoms with Crippen molar-refractivity contribution in [2.75, 3.05) is 5.75 Å². The highest BCUT2D eigenvalue weighted by molar-refractivity contribution is 9.10. The number of thioether (sulfide) groups is 1. The Labute approximate surface area is 226 Å².